The van der Waals surface area contributed by atoms with Crippen LogP contribution >= 0.6 is 0 Å². The first kappa shape index (κ1) is 12.8. The fraction of sp³-hybridized carbons (Fsp3) is 0.600. The van der Waals surface area contributed by atoms with E-state index in [1.807, 2.05) is 0 Å². The summed E-state index contributed by atoms with van der Waals surface area (Å²) in [6, 6.07) is 8.65. The van der Waals surface area contributed by atoms with Crippen LogP contribution < -0.4 is 10.2 Å². The molecule has 1 aromatic rings. The smallest absolute Gasteiger partial charge is 0.0602 e. The van der Waals surface area contributed by atoms with Crippen LogP contribution in [0.3, 0.4) is 0 Å². The number of ether oxygens (including phenoxy) is 1. The van der Waals surface area contributed by atoms with Gasteiger partial charge in [-0.2, -0.15) is 0 Å². The van der Waals surface area contributed by atoms with Crippen molar-refractivity contribution in [3.8, 4) is 0 Å². The summed E-state index contributed by atoms with van der Waals surface area (Å²) in [7, 11) is 0. The van der Waals surface area contributed by atoms with Gasteiger partial charge >= 0.3 is 0 Å². The van der Waals surface area contributed by atoms with Gasteiger partial charge in [0.25, 0.3) is 0 Å². The first-order valence-corrected chi connectivity index (χ1v) is 7.31. The molecule has 1 aromatic carbocycles. The van der Waals surface area contributed by atoms with Gasteiger partial charge in [0, 0.05) is 39.3 Å². The van der Waals surface area contributed by atoms with E-state index >= 15 is 0 Å². The van der Waals surface area contributed by atoms with Crippen molar-refractivity contribution in [2.45, 2.75) is 6.42 Å². The lowest BCUT2D eigenvalue weighted by atomic mass is 10.2. The number of hydrogen-bond donors (Lipinski definition) is 1. The van der Waals surface area contributed by atoms with Gasteiger partial charge in [0.15, 0.2) is 0 Å². The number of hydrogen-bond acceptors (Lipinski definition) is 4. The zero-order chi connectivity index (χ0) is 12.9. The van der Waals surface area contributed by atoms with Gasteiger partial charge in [-0.15, -0.1) is 0 Å². The lowest BCUT2D eigenvalue weighted by Crippen LogP contribution is -2.41. The molecule has 0 amide bonds. The van der Waals surface area contributed by atoms with Crippen molar-refractivity contribution < 1.29 is 4.74 Å². The Balaban J connectivity index is 1.63. The average Bonchev–Trinajstić information content (AvgIpc) is 2.68. The molecule has 0 bridgehead atoms. The van der Waals surface area contributed by atoms with Gasteiger partial charge in [0.1, 0.15) is 0 Å². The quantitative estimate of drug-likeness (QED) is 0.895. The van der Waals surface area contributed by atoms with Crippen LogP contribution in [0.1, 0.15) is 6.42 Å². The van der Waals surface area contributed by atoms with Crippen LogP contribution in [0.5, 0.6) is 0 Å². The molecule has 0 atom stereocenters. The summed E-state index contributed by atoms with van der Waals surface area (Å²) in [4.78, 5) is 5.02. The van der Waals surface area contributed by atoms with E-state index in [0.717, 1.165) is 52.5 Å². The monoisotopic (exact) mass is 261 g/mol. The van der Waals surface area contributed by atoms with E-state index in [2.05, 4.69) is 39.4 Å². The molecule has 0 radical (unpaired) electrons. The molecule has 2 aliphatic heterocycles. The largest absolute Gasteiger partial charge is 0.383 e. The van der Waals surface area contributed by atoms with Gasteiger partial charge in [0.2, 0.25) is 0 Å². The second kappa shape index (κ2) is 6.26. The third kappa shape index (κ3) is 3.19. The standard InChI is InChI=1S/C15H23N3O/c1-2-5-15-14(4-1)16-6-3-7-18(15)9-8-17-10-12-19-13-11-17/h1-2,4-5,16H,3,6-13H2. The van der Waals surface area contributed by atoms with Crippen LogP contribution in [-0.2, 0) is 4.74 Å². The number of morpholine rings is 1. The van der Waals surface area contributed by atoms with Gasteiger partial charge in [0.05, 0.1) is 24.6 Å². The maximum atomic E-state index is 5.40. The van der Waals surface area contributed by atoms with E-state index < -0.39 is 0 Å². The maximum Gasteiger partial charge on any atom is 0.0602 e. The SMILES string of the molecule is c1ccc2c(c1)NCCCN2CCN1CCOCC1. The number of benzene rings is 1. The fourth-order valence-corrected chi connectivity index (χ4v) is 2.83. The predicted molar refractivity (Wildman–Crippen MR) is 79.0 cm³/mol. The summed E-state index contributed by atoms with van der Waals surface area (Å²) in [6.07, 6.45) is 1.21. The second-order valence-electron chi connectivity index (χ2n) is 5.24. The Morgan fingerprint density at radius 2 is 1.89 bits per heavy atom. The zero-order valence-electron chi connectivity index (χ0n) is 11.5. The predicted octanol–water partition coefficient (Wildman–Crippen LogP) is 1.64. The highest BCUT2D eigenvalue weighted by Crippen LogP contribution is 2.27. The lowest BCUT2D eigenvalue weighted by molar-refractivity contribution is 0.0392. The van der Waals surface area contributed by atoms with Crippen LogP contribution in [0.4, 0.5) is 11.4 Å². The third-order valence-corrected chi connectivity index (χ3v) is 3.95. The summed E-state index contributed by atoms with van der Waals surface area (Å²) in [6.45, 7) is 8.40. The Hall–Kier alpha value is -1.26. The summed E-state index contributed by atoms with van der Waals surface area (Å²) in [5, 5.41) is 3.52. The van der Waals surface area contributed by atoms with E-state index in [1.165, 1.54) is 17.8 Å². The molecule has 1 fully saturated rings. The van der Waals surface area contributed by atoms with E-state index in [-0.39, 0.29) is 0 Å². The van der Waals surface area contributed by atoms with Gasteiger partial charge in [-0.1, -0.05) is 12.1 Å². The molecule has 0 spiro atoms. The molecule has 3 rings (SSSR count). The van der Waals surface area contributed by atoms with Gasteiger partial charge in [-0.05, 0) is 18.6 Å². The molecule has 0 aromatic heterocycles. The molecule has 0 aliphatic carbocycles. The average molecular weight is 261 g/mol. The summed E-state index contributed by atoms with van der Waals surface area (Å²) in [5.41, 5.74) is 2.63. The number of rotatable bonds is 3. The summed E-state index contributed by atoms with van der Waals surface area (Å²) in [5.74, 6) is 0. The minimum atomic E-state index is 0.887. The Labute approximate surface area is 115 Å². The zero-order valence-corrected chi connectivity index (χ0v) is 11.5. The topological polar surface area (TPSA) is 27.7 Å². The van der Waals surface area contributed by atoms with Crippen molar-refractivity contribution in [3.63, 3.8) is 0 Å². The highest BCUT2D eigenvalue weighted by Gasteiger charge is 2.16. The minimum Gasteiger partial charge on any atom is -0.383 e. The second-order valence-corrected chi connectivity index (χ2v) is 5.24. The van der Waals surface area contributed by atoms with Crippen molar-refractivity contribution in [1.82, 2.24) is 4.90 Å². The van der Waals surface area contributed by atoms with E-state index in [1.54, 1.807) is 0 Å². The molecule has 1 N–H and O–H groups in total. The number of fused-ring (bicyclic) bond motifs is 1. The van der Waals surface area contributed by atoms with E-state index in [4.69, 9.17) is 4.74 Å². The van der Waals surface area contributed by atoms with Crippen LogP contribution in [0.2, 0.25) is 0 Å². The molecule has 1 saturated heterocycles. The third-order valence-electron chi connectivity index (χ3n) is 3.95. The summed E-state index contributed by atoms with van der Waals surface area (Å²) >= 11 is 0. The molecule has 19 heavy (non-hydrogen) atoms. The van der Waals surface area contributed by atoms with Crippen LogP contribution in [-0.4, -0.2) is 57.4 Å². The molecule has 104 valence electrons. The molecular weight excluding hydrogens is 238 g/mol. The van der Waals surface area contributed by atoms with Crippen molar-refractivity contribution in [1.29, 1.82) is 0 Å². The van der Waals surface area contributed by atoms with Gasteiger partial charge < -0.3 is 15.0 Å². The first-order chi connectivity index (χ1) is 9.43. The van der Waals surface area contributed by atoms with Gasteiger partial charge in [-0.3, -0.25) is 4.90 Å². The fourth-order valence-electron chi connectivity index (χ4n) is 2.83. The number of nitrogens with one attached hydrogen (secondary N) is 1. The van der Waals surface area contributed by atoms with Crippen molar-refractivity contribution in [2.75, 3.05) is 62.7 Å². The molecule has 2 heterocycles. The number of para-hydroxylation sites is 2. The Morgan fingerprint density at radius 3 is 2.79 bits per heavy atom. The Bertz CT molecular complexity index is 404. The van der Waals surface area contributed by atoms with Crippen LogP contribution in [0.15, 0.2) is 24.3 Å². The van der Waals surface area contributed by atoms with Crippen LogP contribution in [0.25, 0.3) is 0 Å². The van der Waals surface area contributed by atoms with E-state index in [9.17, 15) is 0 Å². The molecule has 4 heteroatoms. The minimum absolute atomic E-state index is 0.887. The molecular formula is C15H23N3O. The van der Waals surface area contributed by atoms with Crippen LogP contribution in [0, 0.1) is 0 Å². The van der Waals surface area contributed by atoms with Crippen molar-refractivity contribution >= 4 is 11.4 Å². The van der Waals surface area contributed by atoms with Crippen molar-refractivity contribution in [2.24, 2.45) is 0 Å². The van der Waals surface area contributed by atoms with Gasteiger partial charge in [-0.25, -0.2) is 0 Å². The number of anilines is 2. The summed E-state index contributed by atoms with van der Waals surface area (Å²) < 4.78 is 5.40. The number of nitrogens with zero attached hydrogens (tertiary/aromatic N) is 2. The highest BCUT2D eigenvalue weighted by molar-refractivity contribution is 5.70. The molecule has 0 unspecified atom stereocenters. The van der Waals surface area contributed by atoms with Crippen molar-refractivity contribution in [3.05, 3.63) is 24.3 Å². The maximum absolute atomic E-state index is 5.40. The molecule has 2 aliphatic rings. The lowest BCUT2D eigenvalue weighted by Gasteiger charge is -2.31. The Kier molecular flexibility index (Phi) is 4.20. The highest BCUT2D eigenvalue weighted by atomic mass is 16.5. The van der Waals surface area contributed by atoms with E-state index in [0.29, 0.717) is 0 Å². The Morgan fingerprint density at radius 1 is 1.05 bits per heavy atom. The molecule has 4 nitrogen and oxygen atoms in total. The first-order valence-electron chi connectivity index (χ1n) is 7.31. The normalized spacial score (nSPS) is 20.5. The molecule has 0 saturated carbocycles.